The topological polar surface area (TPSA) is 213 Å². The van der Waals surface area contributed by atoms with Gasteiger partial charge >= 0.3 is 39.0 Å². The van der Waals surface area contributed by atoms with Crippen LogP contribution in [0.25, 0.3) is 0 Å². The van der Waals surface area contributed by atoms with Crippen LogP contribution in [-0.2, 0) is 58.1 Å². The van der Waals surface area contributed by atoms with E-state index in [0.29, 0.717) is 0 Å². The van der Waals surface area contributed by atoms with E-state index in [-0.39, 0.29) is 39.0 Å². The van der Waals surface area contributed by atoms with Crippen molar-refractivity contribution < 1.29 is 78.6 Å². The minimum absolute atomic E-state index is 0. The second-order valence-corrected chi connectivity index (χ2v) is 3.00. The number of carboxylic acid groups (broad SMARTS) is 4. The molecule has 10 nitrogen and oxygen atoms in total. The molecule has 0 radical (unpaired) electrons. The average molecular weight is 393 g/mol. The molecule has 104 valence electrons. The van der Waals surface area contributed by atoms with Gasteiger partial charge in [0, 0.05) is 36.9 Å². The Bertz CT molecular complexity index is 306. The maximum atomic E-state index is 9.71. The average Bonchev–Trinajstić information content (AvgIpc) is 2.16. The van der Waals surface area contributed by atoms with Crippen molar-refractivity contribution in [3.05, 3.63) is 0 Å². The Morgan fingerprint density at radius 2 is 0.900 bits per heavy atom. The molecule has 0 aromatic carbocycles. The van der Waals surface area contributed by atoms with Crippen LogP contribution in [-0.4, -0.2) is 36.0 Å². The molecule has 2 atom stereocenters. The van der Waals surface area contributed by atoms with E-state index in [4.69, 9.17) is 11.5 Å². The van der Waals surface area contributed by atoms with Crippen LogP contribution in [0, 0.1) is 0 Å². The number of hydrogen-bond acceptors (Lipinski definition) is 10. The van der Waals surface area contributed by atoms with Gasteiger partial charge in [0.25, 0.3) is 0 Å². The molecule has 0 spiro atoms. The Balaban J connectivity index is -0.000000116. The zero-order chi connectivity index (χ0) is 14.9. The number of rotatable bonds is 6. The summed E-state index contributed by atoms with van der Waals surface area (Å²) >= 11 is 0. The summed E-state index contributed by atoms with van der Waals surface area (Å²) < 4.78 is 0. The molecule has 12 heteroatoms. The van der Waals surface area contributed by atoms with Gasteiger partial charge in [-0.2, -0.15) is 0 Å². The van der Waals surface area contributed by atoms with Crippen molar-refractivity contribution in [2.75, 3.05) is 0 Å². The number of aliphatic carboxylic acids is 4. The first-order chi connectivity index (χ1) is 8.07. The third kappa shape index (κ3) is 19.4. The van der Waals surface area contributed by atoms with E-state index >= 15 is 0 Å². The van der Waals surface area contributed by atoms with Crippen molar-refractivity contribution in [1.82, 2.24) is 0 Å². The summed E-state index contributed by atoms with van der Waals surface area (Å²) in [6, 6.07) is -2.93. The second-order valence-electron chi connectivity index (χ2n) is 3.00. The minimum Gasteiger partial charge on any atom is -0.550 e. The monoisotopic (exact) mass is 390 g/mol. The standard InChI is InChI=1S/2C4H7NO4.2Zn/c2*5-2(4(8)9)1-3(6)7;;/h2*2H,1,5H2,(H,6,7)(H,8,9);;/q;;2*+2/p-4. The van der Waals surface area contributed by atoms with E-state index < -0.39 is 48.8 Å². The summed E-state index contributed by atoms with van der Waals surface area (Å²) in [5, 5.41) is 38.7. The fourth-order valence-corrected chi connectivity index (χ4v) is 0.526. The van der Waals surface area contributed by atoms with Crippen LogP contribution in [0.2, 0.25) is 0 Å². The summed E-state index contributed by atoms with van der Waals surface area (Å²) in [6.45, 7) is 0. The Morgan fingerprint density at radius 1 is 0.700 bits per heavy atom. The summed E-state index contributed by atoms with van der Waals surface area (Å²) in [6.07, 6.45) is -1.41. The van der Waals surface area contributed by atoms with Gasteiger partial charge in [0.05, 0.1) is 11.9 Å². The maximum Gasteiger partial charge on any atom is 2.00 e. The van der Waals surface area contributed by atoms with Crippen molar-refractivity contribution in [3.8, 4) is 0 Å². The summed E-state index contributed by atoms with van der Waals surface area (Å²) in [5.74, 6) is -6.16. The van der Waals surface area contributed by atoms with Gasteiger partial charge in [-0.25, -0.2) is 0 Å². The number of carboxylic acids is 4. The van der Waals surface area contributed by atoms with Crippen LogP contribution in [0.3, 0.4) is 0 Å². The first-order valence-corrected chi connectivity index (χ1v) is 4.40. The largest absolute Gasteiger partial charge is 2.00 e. The van der Waals surface area contributed by atoms with Gasteiger partial charge in [0.15, 0.2) is 0 Å². The van der Waals surface area contributed by atoms with E-state index in [9.17, 15) is 39.6 Å². The molecule has 2 unspecified atom stereocenters. The molecule has 4 N–H and O–H groups in total. The molecule has 0 saturated carbocycles. The molecule has 0 aliphatic carbocycles. The molecule has 0 aromatic heterocycles. The van der Waals surface area contributed by atoms with E-state index in [0.717, 1.165) is 0 Å². The molecule has 0 aliphatic rings. The van der Waals surface area contributed by atoms with E-state index in [2.05, 4.69) is 0 Å². The maximum absolute atomic E-state index is 9.71. The Morgan fingerprint density at radius 3 is 0.950 bits per heavy atom. The predicted octanol–water partition coefficient (Wildman–Crippen LogP) is -7.60. The Kier molecular flexibility index (Phi) is 19.8. The fraction of sp³-hybridized carbons (Fsp3) is 0.500. The SMILES string of the molecule is NC(CC(=O)[O-])C(=O)[O-].NC(CC(=O)[O-])C(=O)[O-].[Zn+2].[Zn+2]. The van der Waals surface area contributed by atoms with Crippen LogP contribution >= 0.6 is 0 Å². The number of hydrogen-bond donors (Lipinski definition) is 2. The molecule has 0 aliphatic heterocycles. The third-order valence-electron chi connectivity index (χ3n) is 1.38. The Labute approximate surface area is 139 Å². The van der Waals surface area contributed by atoms with Crippen molar-refractivity contribution in [2.45, 2.75) is 24.9 Å². The van der Waals surface area contributed by atoms with Crippen LogP contribution in [0.4, 0.5) is 0 Å². The normalized spacial score (nSPS) is 11.3. The molecule has 0 bridgehead atoms. The fourth-order valence-electron chi connectivity index (χ4n) is 0.526. The van der Waals surface area contributed by atoms with Gasteiger partial charge in [0.1, 0.15) is 0 Å². The Hall–Kier alpha value is -0.953. The summed E-state index contributed by atoms with van der Waals surface area (Å²) in [5.41, 5.74) is 9.47. The van der Waals surface area contributed by atoms with Crippen LogP contribution < -0.4 is 31.9 Å². The predicted molar refractivity (Wildman–Crippen MR) is 45.2 cm³/mol. The van der Waals surface area contributed by atoms with Gasteiger partial charge < -0.3 is 51.1 Å². The van der Waals surface area contributed by atoms with Gasteiger partial charge in [-0.15, -0.1) is 0 Å². The number of carbonyl (C=O) groups excluding carboxylic acids is 4. The van der Waals surface area contributed by atoms with E-state index in [1.54, 1.807) is 0 Å². The molecule has 0 rings (SSSR count). The van der Waals surface area contributed by atoms with Crippen LogP contribution in [0.15, 0.2) is 0 Å². The third-order valence-corrected chi connectivity index (χ3v) is 1.38. The van der Waals surface area contributed by atoms with E-state index in [1.807, 2.05) is 0 Å². The quantitative estimate of drug-likeness (QED) is 0.407. The zero-order valence-electron chi connectivity index (χ0n) is 10.4. The van der Waals surface area contributed by atoms with Crippen molar-refractivity contribution in [1.29, 1.82) is 0 Å². The summed E-state index contributed by atoms with van der Waals surface area (Å²) in [7, 11) is 0. The molecular formula is C8H10N2O8Zn2. The molecule has 0 heterocycles. The first kappa shape index (κ1) is 27.4. The zero-order valence-corrected chi connectivity index (χ0v) is 16.3. The van der Waals surface area contributed by atoms with Crippen molar-refractivity contribution in [3.63, 3.8) is 0 Å². The number of nitrogens with two attached hydrogens (primary N) is 2. The smallest absolute Gasteiger partial charge is 0.550 e. The van der Waals surface area contributed by atoms with Gasteiger partial charge in [-0.05, 0) is 0 Å². The molecule has 0 aromatic rings. The van der Waals surface area contributed by atoms with Gasteiger partial charge in [-0.3, -0.25) is 0 Å². The van der Waals surface area contributed by atoms with E-state index in [1.165, 1.54) is 0 Å². The minimum atomic E-state index is -1.58. The van der Waals surface area contributed by atoms with Crippen molar-refractivity contribution >= 4 is 23.9 Å². The summed E-state index contributed by atoms with van der Waals surface area (Å²) in [4.78, 5) is 38.7. The van der Waals surface area contributed by atoms with Crippen molar-refractivity contribution in [2.24, 2.45) is 11.5 Å². The molecular weight excluding hydrogens is 383 g/mol. The second kappa shape index (κ2) is 14.5. The first-order valence-electron chi connectivity index (χ1n) is 4.40. The van der Waals surface area contributed by atoms with Gasteiger partial charge in [0.2, 0.25) is 0 Å². The molecule has 0 amide bonds. The van der Waals surface area contributed by atoms with Crippen LogP contribution in [0.1, 0.15) is 12.8 Å². The number of carbonyl (C=O) groups is 4. The molecule has 0 saturated heterocycles. The van der Waals surface area contributed by atoms with Crippen LogP contribution in [0.5, 0.6) is 0 Å². The molecule has 20 heavy (non-hydrogen) atoms. The van der Waals surface area contributed by atoms with Gasteiger partial charge in [-0.1, -0.05) is 0 Å². The molecule has 0 fully saturated rings.